The highest BCUT2D eigenvalue weighted by Crippen LogP contribution is 2.07. The zero-order chi connectivity index (χ0) is 10.1. The smallest absolute Gasteiger partial charge is 0.438 e. The molecule has 1 atom stereocenters. The first-order chi connectivity index (χ1) is 6.24. The van der Waals surface area contributed by atoms with Gasteiger partial charge in [-0.1, -0.05) is 25.7 Å². The zero-order valence-corrected chi connectivity index (χ0v) is 8.21. The van der Waals surface area contributed by atoms with Crippen LogP contribution in [0.1, 0.15) is 26.2 Å². The molecule has 0 spiro atoms. The summed E-state index contributed by atoms with van der Waals surface area (Å²) >= 11 is 0. The summed E-state index contributed by atoms with van der Waals surface area (Å²) in [4.78, 5) is 10.6. The Morgan fingerprint density at radius 2 is 2.31 bits per heavy atom. The van der Waals surface area contributed by atoms with Crippen molar-refractivity contribution in [2.45, 2.75) is 26.2 Å². The molecule has 0 saturated carbocycles. The SMILES string of the molecule is C#CC(CCCC)COC(=O)OC. The van der Waals surface area contributed by atoms with Crippen LogP contribution in [0.15, 0.2) is 0 Å². The van der Waals surface area contributed by atoms with Crippen LogP contribution in [0.2, 0.25) is 0 Å². The lowest BCUT2D eigenvalue weighted by Crippen LogP contribution is -2.12. The van der Waals surface area contributed by atoms with Crippen LogP contribution in [-0.4, -0.2) is 19.9 Å². The second-order valence-corrected chi connectivity index (χ2v) is 2.77. The maximum atomic E-state index is 10.6. The number of rotatable bonds is 5. The van der Waals surface area contributed by atoms with Crippen LogP contribution in [0.4, 0.5) is 4.79 Å². The van der Waals surface area contributed by atoms with Gasteiger partial charge in [0, 0.05) is 0 Å². The van der Waals surface area contributed by atoms with E-state index < -0.39 is 6.16 Å². The van der Waals surface area contributed by atoms with Crippen molar-refractivity contribution in [2.24, 2.45) is 5.92 Å². The third kappa shape index (κ3) is 6.03. The van der Waals surface area contributed by atoms with E-state index in [1.54, 1.807) is 0 Å². The average molecular weight is 184 g/mol. The molecule has 3 heteroatoms. The molecule has 0 fully saturated rings. The van der Waals surface area contributed by atoms with Crippen LogP contribution < -0.4 is 0 Å². The van der Waals surface area contributed by atoms with Crippen molar-refractivity contribution >= 4 is 6.16 Å². The summed E-state index contributed by atoms with van der Waals surface area (Å²) in [5.74, 6) is 2.60. The number of terminal acetylenes is 1. The first-order valence-corrected chi connectivity index (χ1v) is 4.41. The van der Waals surface area contributed by atoms with Crippen LogP contribution in [0.25, 0.3) is 0 Å². The summed E-state index contributed by atoms with van der Waals surface area (Å²) in [5, 5.41) is 0. The van der Waals surface area contributed by atoms with E-state index in [9.17, 15) is 4.79 Å². The monoisotopic (exact) mass is 184 g/mol. The van der Waals surface area contributed by atoms with Gasteiger partial charge in [-0.25, -0.2) is 4.79 Å². The maximum absolute atomic E-state index is 10.6. The molecule has 0 rings (SSSR count). The normalized spacial score (nSPS) is 11.5. The third-order valence-corrected chi connectivity index (χ3v) is 1.71. The van der Waals surface area contributed by atoms with Crippen LogP contribution in [0.3, 0.4) is 0 Å². The van der Waals surface area contributed by atoms with E-state index in [2.05, 4.69) is 17.6 Å². The number of hydrogen-bond acceptors (Lipinski definition) is 3. The number of carbonyl (C=O) groups is 1. The standard InChI is InChI=1S/C10H16O3/c1-4-6-7-9(5-2)8-13-10(11)12-3/h2,9H,4,6-8H2,1,3H3. The van der Waals surface area contributed by atoms with Crippen LogP contribution in [0, 0.1) is 18.3 Å². The predicted molar refractivity (Wildman–Crippen MR) is 50.2 cm³/mol. The van der Waals surface area contributed by atoms with Gasteiger partial charge in [0.15, 0.2) is 0 Å². The van der Waals surface area contributed by atoms with E-state index in [1.807, 2.05) is 0 Å². The molecule has 0 saturated heterocycles. The van der Waals surface area contributed by atoms with Crippen molar-refractivity contribution in [1.82, 2.24) is 0 Å². The molecule has 0 amide bonds. The van der Waals surface area contributed by atoms with Gasteiger partial charge in [0.2, 0.25) is 0 Å². The van der Waals surface area contributed by atoms with E-state index in [1.165, 1.54) is 7.11 Å². The first-order valence-electron chi connectivity index (χ1n) is 4.41. The van der Waals surface area contributed by atoms with Gasteiger partial charge in [-0.05, 0) is 6.42 Å². The molecule has 0 radical (unpaired) electrons. The topological polar surface area (TPSA) is 35.5 Å². The van der Waals surface area contributed by atoms with E-state index in [-0.39, 0.29) is 12.5 Å². The van der Waals surface area contributed by atoms with Crippen molar-refractivity contribution in [3.8, 4) is 12.3 Å². The van der Waals surface area contributed by atoms with Gasteiger partial charge in [0.05, 0.1) is 13.0 Å². The van der Waals surface area contributed by atoms with Crippen molar-refractivity contribution < 1.29 is 14.3 Å². The van der Waals surface area contributed by atoms with Gasteiger partial charge < -0.3 is 9.47 Å². The first kappa shape index (κ1) is 11.8. The second-order valence-electron chi connectivity index (χ2n) is 2.77. The lowest BCUT2D eigenvalue weighted by atomic mass is 10.0. The minimum atomic E-state index is -0.670. The Bertz CT molecular complexity index is 181. The lowest BCUT2D eigenvalue weighted by molar-refractivity contribution is 0.0648. The van der Waals surface area contributed by atoms with Crippen molar-refractivity contribution in [3.63, 3.8) is 0 Å². The second kappa shape index (κ2) is 7.48. The van der Waals surface area contributed by atoms with Crippen LogP contribution >= 0.6 is 0 Å². The van der Waals surface area contributed by atoms with E-state index in [0.29, 0.717) is 0 Å². The zero-order valence-electron chi connectivity index (χ0n) is 8.21. The van der Waals surface area contributed by atoms with E-state index in [0.717, 1.165) is 19.3 Å². The fourth-order valence-corrected chi connectivity index (χ4v) is 0.893. The average Bonchev–Trinajstić information content (AvgIpc) is 2.17. The molecule has 0 bridgehead atoms. The maximum Gasteiger partial charge on any atom is 0.508 e. The molecule has 0 aromatic carbocycles. The Hall–Kier alpha value is -1.17. The molecule has 13 heavy (non-hydrogen) atoms. The van der Waals surface area contributed by atoms with Gasteiger partial charge in [-0.3, -0.25) is 0 Å². The molecule has 0 heterocycles. The number of carbonyl (C=O) groups excluding carboxylic acids is 1. The Morgan fingerprint density at radius 3 is 2.77 bits per heavy atom. The largest absolute Gasteiger partial charge is 0.508 e. The molecule has 0 aliphatic heterocycles. The minimum absolute atomic E-state index is 0.0130. The Labute approximate surface area is 79.4 Å². The Kier molecular flexibility index (Phi) is 6.80. The fourth-order valence-electron chi connectivity index (χ4n) is 0.893. The summed E-state index contributed by atoms with van der Waals surface area (Å²) < 4.78 is 9.06. The van der Waals surface area contributed by atoms with Gasteiger partial charge in [-0.2, -0.15) is 0 Å². The molecule has 0 aliphatic rings. The molecule has 74 valence electrons. The number of methoxy groups -OCH3 is 1. The highest BCUT2D eigenvalue weighted by Gasteiger charge is 2.08. The summed E-state index contributed by atoms with van der Waals surface area (Å²) in [5.41, 5.74) is 0. The molecule has 3 nitrogen and oxygen atoms in total. The molecular formula is C10H16O3. The van der Waals surface area contributed by atoms with Gasteiger partial charge >= 0.3 is 6.16 Å². The lowest BCUT2D eigenvalue weighted by Gasteiger charge is -2.09. The van der Waals surface area contributed by atoms with E-state index in [4.69, 9.17) is 11.2 Å². The van der Waals surface area contributed by atoms with Crippen molar-refractivity contribution in [3.05, 3.63) is 0 Å². The fraction of sp³-hybridized carbons (Fsp3) is 0.700. The van der Waals surface area contributed by atoms with Gasteiger partial charge in [0.1, 0.15) is 6.61 Å². The van der Waals surface area contributed by atoms with Gasteiger partial charge in [0.25, 0.3) is 0 Å². The quantitative estimate of drug-likeness (QED) is 0.485. The highest BCUT2D eigenvalue weighted by atomic mass is 16.7. The third-order valence-electron chi connectivity index (χ3n) is 1.71. The Morgan fingerprint density at radius 1 is 1.62 bits per heavy atom. The summed E-state index contributed by atoms with van der Waals surface area (Å²) in [6.07, 6.45) is 7.63. The number of ether oxygens (including phenoxy) is 2. The van der Waals surface area contributed by atoms with Gasteiger partial charge in [-0.15, -0.1) is 6.42 Å². The minimum Gasteiger partial charge on any atom is -0.438 e. The molecule has 1 unspecified atom stereocenters. The highest BCUT2D eigenvalue weighted by molar-refractivity contribution is 5.59. The summed E-state index contributed by atoms with van der Waals surface area (Å²) in [6.45, 7) is 2.35. The van der Waals surface area contributed by atoms with Crippen LogP contribution in [-0.2, 0) is 9.47 Å². The molecule has 0 aromatic heterocycles. The van der Waals surface area contributed by atoms with Crippen LogP contribution in [0.5, 0.6) is 0 Å². The Balaban J connectivity index is 3.60. The molecular weight excluding hydrogens is 168 g/mol. The molecule has 0 aliphatic carbocycles. The molecule has 0 N–H and O–H groups in total. The van der Waals surface area contributed by atoms with E-state index >= 15 is 0 Å². The molecule has 0 aromatic rings. The number of unbranched alkanes of at least 4 members (excludes halogenated alkanes) is 1. The van der Waals surface area contributed by atoms with Crippen molar-refractivity contribution in [1.29, 1.82) is 0 Å². The van der Waals surface area contributed by atoms with Crippen molar-refractivity contribution in [2.75, 3.05) is 13.7 Å². The number of hydrogen-bond donors (Lipinski definition) is 0. The summed E-state index contributed by atoms with van der Waals surface area (Å²) in [6, 6.07) is 0. The predicted octanol–water partition coefficient (Wildman–Crippen LogP) is 2.21. The summed E-state index contributed by atoms with van der Waals surface area (Å²) in [7, 11) is 1.28.